The highest BCUT2D eigenvalue weighted by molar-refractivity contribution is 5.93. The second-order valence-electron chi connectivity index (χ2n) is 10.4. The normalized spacial score (nSPS) is 17.0. The number of fused-ring (bicyclic) bond motifs is 2. The molecule has 36 heavy (non-hydrogen) atoms. The van der Waals surface area contributed by atoms with Gasteiger partial charge in [0.2, 0.25) is 11.8 Å². The second kappa shape index (κ2) is 11.4. The van der Waals surface area contributed by atoms with E-state index in [-0.39, 0.29) is 36.8 Å². The highest BCUT2D eigenvalue weighted by Crippen LogP contribution is 2.46. The van der Waals surface area contributed by atoms with Crippen LogP contribution in [-0.4, -0.2) is 47.4 Å². The van der Waals surface area contributed by atoms with Gasteiger partial charge in [0, 0.05) is 13.1 Å². The summed E-state index contributed by atoms with van der Waals surface area (Å²) < 4.78 is 5.39. The SMILES string of the molecule is CC(C)(N)C(=O)N[C@H](CC(=O)OCc1ccccc1)C(=O)N1CCC2(CCc3ccccc32)CC1.Cl. The number of carbonyl (C=O) groups is 3. The third-order valence-corrected chi connectivity index (χ3v) is 7.30. The van der Waals surface area contributed by atoms with Crippen LogP contribution in [0, 0.1) is 0 Å². The Balaban J connectivity index is 0.00000361. The van der Waals surface area contributed by atoms with Crippen LogP contribution >= 0.6 is 12.4 Å². The Morgan fingerprint density at radius 3 is 2.33 bits per heavy atom. The van der Waals surface area contributed by atoms with Gasteiger partial charge in [-0.1, -0.05) is 54.6 Å². The van der Waals surface area contributed by atoms with Crippen molar-refractivity contribution < 1.29 is 19.1 Å². The van der Waals surface area contributed by atoms with E-state index in [9.17, 15) is 14.4 Å². The Bertz CT molecular complexity index is 1080. The molecule has 1 heterocycles. The minimum Gasteiger partial charge on any atom is -0.461 e. The molecule has 2 aromatic rings. The predicted octanol–water partition coefficient (Wildman–Crippen LogP) is 3.27. The van der Waals surface area contributed by atoms with Crippen LogP contribution in [0.5, 0.6) is 0 Å². The molecule has 2 aromatic carbocycles. The summed E-state index contributed by atoms with van der Waals surface area (Å²) in [6.45, 7) is 4.43. The van der Waals surface area contributed by atoms with E-state index in [1.165, 1.54) is 11.1 Å². The lowest BCUT2D eigenvalue weighted by atomic mass is 9.74. The van der Waals surface area contributed by atoms with Gasteiger partial charge in [0.1, 0.15) is 12.6 Å². The first-order valence-electron chi connectivity index (χ1n) is 12.3. The number of amides is 2. The van der Waals surface area contributed by atoms with Crippen LogP contribution in [-0.2, 0) is 37.6 Å². The Morgan fingerprint density at radius 1 is 1.03 bits per heavy atom. The molecule has 3 N–H and O–H groups in total. The van der Waals surface area contributed by atoms with Gasteiger partial charge in [0.25, 0.3) is 0 Å². The zero-order valence-electron chi connectivity index (χ0n) is 21.0. The van der Waals surface area contributed by atoms with Crippen LogP contribution < -0.4 is 11.1 Å². The van der Waals surface area contributed by atoms with Crippen molar-refractivity contribution in [3.8, 4) is 0 Å². The Morgan fingerprint density at radius 2 is 1.67 bits per heavy atom. The number of nitrogens with one attached hydrogen (secondary N) is 1. The van der Waals surface area contributed by atoms with E-state index in [1.807, 2.05) is 30.3 Å². The van der Waals surface area contributed by atoms with Gasteiger partial charge in [-0.05, 0) is 61.6 Å². The highest BCUT2D eigenvalue weighted by atomic mass is 35.5. The summed E-state index contributed by atoms with van der Waals surface area (Å²) in [5.41, 5.74) is 8.55. The van der Waals surface area contributed by atoms with Crippen molar-refractivity contribution >= 4 is 30.2 Å². The third kappa shape index (κ3) is 6.26. The first kappa shape index (κ1) is 27.7. The topological polar surface area (TPSA) is 102 Å². The fourth-order valence-corrected chi connectivity index (χ4v) is 5.17. The standard InChI is InChI=1S/C28H35N3O4.ClH/c1-27(2,29)26(34)30-23(18-24(32)35-19-20-8-4-3-5-9-20)25(33)31-16-14-28(15-17-31)13-12-21-10-6-7-11-22(21)28;/h3-11,23H,12-19,29H2,1-2H3,(H,30,34);1H/t23-;/m1./s1. The summed E-state index contributed by atoms with van der Waals surface area (Å²) in [4.78, 5) is 40.5. The number of rotatable bonds is 7. The van der Waals surface area contributed by atoms with Gasteiger partial charge in [-0.3, -0.25) is 14.4 Å². The summed E-state index contributed by atoms with van der Waals surface area (Å²) in [6.07, 6.45) is 3.68. The molecule has 0 bridgehead atoms. The zero-order chi connectivity index (χ0) is 25.1. The molecule has 7 nitrogen and oxygen atoms in total. The summed E-state index contributed by atoms with van der Waals surface area (Å²) in [7, 11) is 0. The summed E-state index contributed by atoms with van der Waals surface area (Å²) >= 11 is 0. The summed E-state index contributed by atoms with van der Waals surface area (Å²) in [5.74, 6) is -1.29. The molecule has 0 aromatic heterocycles. The van der Waals surface area contributed by atoms with E-state index in [0.717, 1.165) is 31.2 Å². The number of piperidine rings is 1. The van der Waals surface area contributed by atoms with Gasteiger partial charge < -0.3 is 20.7 Å². The van der Waals surface area contributed by atoms with E-state index in [1.54, 1.807) is 18.7 Å². The molecular weight excluding hydrogens is 478 g/mol. The molecule has 1 fully saturated rings. The van der Waals surface area contributed by atoms with E-state index in [4.69, 9.17) is 10.5 Å². The predicted molar refractivity (Wildman–Crippen MR) is 141 cm³/mol. The molecule has 0 unspecified atom stereocenters. The van der Waals surface area contributed by atoms with E-state index in [0.29, 0.717) is 13.1 Å². The van der Waals surface area contributed by atoms with Crippen molar-refractivity contribution in [3.05, 3.63) is 71.3 Å². The molecule has 1 spiro atoms. The summed E-state index contributed by atoms with van der Waals surface area (Å²) in [6, 6.07) is 16.9. The second-order valence-corrected chi connectivity index (χ2v) is 10.4. The maximum atomic E-state index is 13.5. The molecule has 2 aliphatic rings. The molecule has 0 radical (unpaired) electrons. The van der Waals surface area contributed by atoms with Crippen molar-refractivity contribution in [2.45, 2.75) is 69.6 Å². The Labute approximate surface area is 219 Å². The molecule has 1 aliphatic carbocycles. The number of nitrogens with two attached hydrogens (primary N) is 1. The fraction of sp³-hybridized carbons (Fsp3) is 0.464. The first-order chi connectivity index (χ1) is 16.7. The van der Waals surface area contributed by atoms with E-state index >= 15 is 0 Å². The number of hydrogen-bond acceptors (Lipinski definition) is 5. The molecular formula is C28H36ClN3O4. The number of ether oxygens (including phenoxy) is 1. The highest BCUT2D eigenvalue weighted by Gasteiger charge is 2.43. The van der Waals surface area contributed by atoms with Gasteiger partial charge in [0.05, 0.1) is 12.0 Å². The van der Waals surface area contributed by atoms with E-state index < -0.39 is 23.5 Å². The van der Waals surface area contributed by atoms with Gasteiger partial charge in [-0.2, -0.15) is 0 Å². The van der Waals surface area contributed by atoms with Crippen LogP contribution in [0.4, 0.5) is 0 Å². The molecule has 1 atom stereocenters. The number of carbonyl (C=O) groups excluding carboxylic acids is 3. The van der Waals surface area contributed by atoms with Gasteiger partial charge in [0.15, 0.2) is 0 Å². The maximum Gasteiger partial charge on any atom is 0.308 e. The number of nitrogens with zero attached hydrogens (tertiary/aromatic N) is 1. The van der Waals surface area contributed by atoms with Crippen LogP contribution in [0.2, 0.25) is 0 Å². The molecule has 194 valence electrons. The largest absolute Gasteiger partial charge is 0.461 e. The quantitative estimate of drug-likeness (QED) is 0.553. The molecule has 2 amide bonds. The van der Waals surface area contributed by atoms with Crippen molar-refractivity contribution in [2.75, 3.05) is 13.1 Å². The number of hydrogen-bond donors (Lipinski definition) is 2. The van der Waals surface area contributed by atoms with Crippen LogP contribution in [0.1, 0.15) is 56.2 Å². The first-order valence-corrected chi connectivity index (χ1v) is 12.3. The number of esters is 1. The van der Waals surface area contributed by atoms with Crippen molar-refractivity contribution in [3.63, 3.8) is 0 Å². The average Bonchev–Trinajstić information content (AvgIpc) is 3.20. The third-order valence-electron chi connectivity index (χ3n) is 7.30. The lowest BCUT2D eigenvalue weighted by Gasteiger charge is -2.41. The summed E-state index contributed by atoms with van der Waals surface area (Å²) in [5, 5.41) is 2.70. The fourth-order valence-electron chi connectivity index (χ4n) is 5.17. The monoisotopic (exact) mass is 513 g/mol. The average molecular weight is 514 g/mol. The van der Waals surface area contributed by atoms with Crippen molar-refractivity contribution in [2.24, 2.45) is 5.73 Å². The number of aryl methyl sites for hydroxylation is 1. The maximum absolute atomic E-state index is 13.5. The Kier molecular flexibility index (Phi) is 8.80. The number of likely N-dealkylation sites (tertiary alicyclic amines) is 1. The molecule has 1 aliphatic heterocycles. The molecule has 4 rings (SSSR count). The minimum absolute atomic E-state index is 0. The molecule has 8 heteroatoms. The van der Waals surface area contributed by atoms with Crippen LogP contribution in [0.3, 0.4) is 0 Å². The van der Waals surface area contributed by atoms with Crippen molar-refractivity contribution in [1.29, 1.82) is 0 Å². The minimum atomic E-state index is -1.17. The number of halogens is 1. The lowest BCUT2D eigenvalue weighted by Crippen LogP contribution is -2.58. The lowest BCUT2D eigenvalue weighted by molar-refractivity contribution is -0.149. The van der Waals surface area contributed by atoms with Crippen LogP contribution in [0.15, 0.2) is 54.6 Å². The Hall–Kier alpha value is -2.90. The zero-order valence-corrected chi connectivity index (χ0v) is 21.8. The van der Waals surface area contributed by atoms with Crippen molar-refractivity contribution in [1.82, 2.24) is 10.2 Å². The smallest absolute Gasteiger partial charge is 0.308 e. The van der Waals surface area contributed by atoms with E-state index in [2.05, 4.69) is 29.6 Å². The van der Waals surface area contributed by atoms with Gasteiger partial charge in [-0.25, -0.2) is 0 Å². The molecule has 0 saturated carbocycles. The van der Waals surface area contributed by atoms with Crippen LogP contribution in [0.25, 0.3) is 0 Å². The van der Waals surface area contributed by atoms with Gasteiger partial charge >= 0.3 is 5.97 Å². The van der Waals surface area contributed by atoms with Gasteiger partial charge in [-0.15, -0.1) is 12.4 Å². The molecule has 1 saturated heterocycles. The number of benzene rings is 2.